The Hall–Kier alpha value is -1.15. The van der Waals surface area contributed by atoms with Crippen molar-refractivity contribution < 1.29 is 9.13 Å². The van der Waals surface area contributed by atoms with E-state index in [0.29, 0.717) is 6.54 Å². The average Bonchev–Trinajstić information content (AvgIpc) is 2.54. The molecular formula is C17H25FIN3O. The van der Waals surface area contributed by atoms with Crippen molar-refractivity contribution in [1.82, 2.24) is 10.2 Å². The Bertz CT molecular complexity index is 531. The number of hydrogen-bond acceptors (Lipinski definition) is 2. The van der Waals surface area contributed by atoms with Crippen molar-refractivity contribution in [2.45, 2.75) is 19.4 Å². The van der Waals surface area contributed by atoms with Gasteiger partial charge in [0.15, 0.2) is 5.96 Å². The molecule has 1 aliphatic rings. The lowest BCUT2D eigenvalue weighted by molar-refractivity contribution is 0.153. The van der Waals surface area contributed by atoms with Crippen LogP contribution in [0.4, 0.5) is 4.39 Å². The molecule has 0 unspecified atom stereocenters. The van der Waals surface area contributed by atoms with Crippen molar-refractivity contribution in [2.75, 3.05) is 33.9 Å². The fourth-order valence-electron chi connectivity index (χ4n) is 2.45. The normalized spacial score (nSPS) is 14.7. The van der Waals surface area contributed by atoms with Crippen LogP contribution in [0.15, 0.2) is 40.9 Å². The molecule has 1 N–H and O–H groups in total. The maximum Gasteiger partial charge on any atom is 0.193 e. The van der Waals surface area contributed by atoms with E-state index < -0.39 is 0 Å². The molecule has 0 saturated heterocycles. The number of ether oxygens (including phenoxy) is 1. The SMILES string of the molecule is CN=C(NCCC1=CCOCC1)N(C)Cc1ccc(F)cc1.I. The Morgan fingerprint density at radius 2 is 2.09 bits per heavy atom. The number of rotatable bonds is 5. The summed E-state index contributed by atoms with van der Waals surface area (Å²) in [5.74, 6) is 0.635. The van der Waals surface area contributed by atoms with Crippen LogP contribution in [-0.2, 0) is 11.3 Å². The van der Waals surface area contributed by atoms with Crippen LogP contribution in [0.25, 0.3) is 0 Å². The molecule has 2 rings (SSSR count). The second-order valence-corrected chi connectivity index (χ2v) is 5.39. The van der Waals surface area contributed by atoms with Crippen molar-refractivity contribution in [2.24, 2.45) is 4.99 Å². The van der Waals surface area contributed by atoms with E-state index in [4.69, 9.17) is 4.74 Å². The second-order valence-electron chi connectivity index (χ2n) is 5.39. The van der Waals surface area contributed by atoms with Crippen LogP contribution in [0, 0.1) is 5.82 Å². The molecule has 0 saturated carbocycles. The number of hydrogen-bond donors (Lipinski definition) is 1. The topological polar surface area (TPSA) is 36.9 Å². The number of halogens is 2. The smallest absolute Gasteiger partial charge is 0.193 e. The van der Waals surface area contributed by atoms with Gasteiger partial charge >= 0.3 is 0 Å². The first-order valence-electron chi connectivity index (χ1n) is 7.61. The minimum atomic E-state index is -0.210. The standard InChI is InChI=1S/C17H24FN3O.HI/c1-19-17(20-10-7-14-8-11-22-12-9-14)21(2)13-15-3-5-16(18)6-4-15;/h3-6,8H,7,9-13H2,1-2H3,(H,19,20);1H. The summed E-state index contributed by atoms with van der Waals surface area (Å²) in [5.41, 5.74) is 2.49. The zero-order valence-corrected chi connectivity index (χ0v) is 16.0. The quantitative estimate of drug-likeness (QED) is 0.336. The van der Waals surface area contributed by atoms with Gasteiger partial charge in [-0.05, 0) is 30.5 Å². The van der Waals surface area contributed by atoms with Crippen molar-refractivity contribution >= 4 is 29.9 Å². The molecule has 0 atom stereocenters. The van der Waals surface area contributed by atoms with E-state index >= 15 is 0 Å². The molecule has 1 aliphatic heterocycles. The van der Waals surface area contributed by atoms with E-state index in [9.17, 15) is 4.39 Å². The Morgan fingerprint density at radius 1 is 1.35 bits per heavy atom. The highest BCUT2D eigenvalue weighted by Crippen LogP contribution is 2.11. The third kappa shape index (κ3) is 6.87. The molecule has 4 nitrogen and oxygen atoms in total. The number of guanidine groups is 1. The van der Waals surface area contributed by atoms with Gasteiger partial charge in [-0.3, -0.25) is 4.99 Å². The average molecular weight is 433 g/mol. The van der Waals surface area contributed by atoms with Crippen molar-refractivity contribution in [3.8, 4) is 0 Å². The summed E-state index contributed by atoms with van der Waals surface area (Å²) in [6, 6.07) is 6.56. The van der Waals surface area contributed by atoms with E-state index in [2.05, 4.69) is 16.4 Å². The molecule has 6 heteroatoms. The lowest BCUT2D eigenvalue weighted by atomic mass is 10.1. The number of nitrogens with zero attached hydrogens (tertiary/aromatic N) is 2. The molecule has 23 heavy (non-hydrogen) atoms. The van der Waals surface area contributed by atoms with E-state index in [1.165, 1.54) is 17.7 Å². The van der Waals surface area contributed by atoms with Gasteiger partial charge in [0.25, 0.3) is 0 Å². The van der Waals surface area contributed by atoms with E-state index in [-0.39, 0.29) is 29.8 Å². The first kappa shape index (κ1) is 19.9. The Kier molecular flexibility index (Phi) is 9.16. The lowest BCUT2D eigenvalue weighted by Crippen LogP contribution is -2.39. The molecule has 0 fully saturated rings. The number of aliphatic imine (C=N–C) groups is 1. The molecule has 0 amide bonds. The summed E-state index contributed by atoms with van der Waals surface area (Å²) in [6.45, 7) is 3.10. The predicted molar refractivity (Wildman–Crippen MR) is 103 cm³/mol. The Labute approximate surface area is 154 Å². The van der Waals surface area contributed by atoms with E-state index in [0.717, 1.165) is 44.1 Å². The van der Waals surface area contributed by atoms with Gasteiger partial charge in [-0.1, -0.05) is 23.8 Å². The molecule has 0 aromatic heterocycles. The highest BCUT2D eigenvalue weighted by molar-refractivity contribution is 14.0. The van der Waals surface area contributed by atoms with Gasteiger partial charge in [0.05, 0.1) is 13.2 Å². The Balaban J connectivity index is 0.00000264. The van der Waals surface area contributed by atoms with E-state index in [1.807, 2.05) is 11.9 Å². The van der Waals surface area contributed by atoms with Gasteiger partial charge in [-0.2, -0.15) is 0 Å². The minimum absolute atomic E-state index is 0. The highest BCUT2D eigenvalue weighted by atomic mass is 127. The first-order chi connectivity index (χ1) is 10.7. The van der Waals surface area contributed by atoms with Gasteiger partial charge in [0.1, 0.15) is 5.82 Å². The minimum Gasteiger partial charge on any atom is -0.377 e. The predicted octanol–water partition coefficient (Wildman–Crippen LogP) is 3.19. The zero-order chi connectivity index (χ0) is 15.8. The fourth-order valence-corrected chi connectivity index (χ4v) is 2.45. The summed E-state index contributed by atoms with van der Waals surface area (Å²) in [6.07, 6.45) is 4.19. The maximum absolute atomic E-state index is 12.9. The summed E-state index contributed by atoms with van der Waals surface area (Å²) < 4.78 is 18.2. The largest absolute Gasteiger partial charge is 0.377 e. The monoisotopic (exact) mass is 433 g/mol. The van der Waals surface area contributed by atoms with Gasteiger partial charge in [0, 0.05) is 27.2 Å². The molecule has 0 aliphatic carbocycles. The highest BCUT2D eigenvalue weighted by Gasteiger charge is 2.08. The summed E-state index contributed by atoms with van der Waals surface area (Å²) in [5, 5.41) is 3.37. The molecule has 0 spiro atoms. The van der Waals surface area contributed by atoms with Crippen LogP contribution in [0.2, 0.25) is 0 Å². The van der Waals surface area contributed by atoms with Crippen molar-refractivity contribution in [3.63, 3.8) is 0 Å². The second kappa shape index (κ2) is 10.6. The van der Waals surface area contributed by atoms with E-state index in [1.54, 1.807) is 19.2 Å². The molecular weight excluding hydrogens is 408 g/mol. The Morgan fingerprint density at radius 3 is 2.70 bits per heavy atom. The summed E-state index contributed by atoms with van der Waals surface area (Å²) >= 11 is 0. The summed E-state index contributed by atoms with van der Waals surface area (Å²) in [4.78, 5) is 6.33. The van der Waals surface area contributed by atoms with Crippen LogP contribution in [0.3, 0.4) is 0 Å². The molecule has 1 aromatic carbocycles. The third-order valence-corrected chi connectivity index (χ3v) is 3.69. The third-order valence-electron chi connectivity index (χ3n) is 3.69. The van der Waals surface area contributed by atoms with Crippen LogP contribution < -0.4 is 5.32 Å². The van der Waals surface area contributed by atoms with Crippen LogP contribution in [0.5, 0.6) is 0 Å². The van der Waals surface area contributed by atoms with Gasteiger partial charge in [-0.15, -0.1) is 24.0 Å². The first-order valence-corrected chi connectivity index (χ1v) is 7.61. The molecule has 1 heterocycles. The zero-order valence-electron chi connectivity index (χ0n) is 13.7. The maximum atomic E-state index is 12.9. The lowest BCUT2D eigenvalue weighted by Gasteiger charge is -2.23. The van der Waals surface area contributed by atoms with Gasteiger partial charge in [-0.25, -0.2) is 4.39 Å². The van der Waals surface area contributed by atoms with Gasteiger partial charge in [0.2, 0.25) is 0 Å². The molecule has 0 bridgehead atoms. The van der Waals surface area contributed by atoms with Crippen LogP contribution in [-0.4, -0.2) is 44.7 Å². The van der Waals surface area contributed by atoms with Crippen LogP contribution >= 0.6 is 24.0 Å². The number of benzene rings is 1. The van der Waals surface area contributed by atoms with Crippen molar-refractivity contribution in [1.29, 1.82) is 0 Å². The summed E-state index contributed by atoms with van der Waals surface area (Å²) in [7, 11) is 3.75. The van der Waals surface area contributed by atoms with Crippen molar-refractivity contribution in [3.05, 3.63) is 47.3 Å². The molecule has 128 valence electrons. The molecule has 1 aromatic rings. The van der Waals surface area contributed by atoms with Gasteiger partial charge < -0.3 is 15.0 Å². The fraction of sp³-hybridized carbons (Fsp3) is 0.471. The molecule has 0 radical (unpaired) electrons. The number of nitrogens with one attached hydrogen (secondary N) is 1. The van der Waals surface area contributed by atoms with Crippen LogP contribution in [0.1, 0.15) is 18.4 Å².